The SMILES string of the molecule is C=CCn1c(SC(C)C(=O)NC2CCCC2)nnc1C(C)Oc1cccc(OC)c1. The van der Waals surface area contributed by atoms with Crippen LogP contribution in [0.4, 0.5) is 0 Å². The summed E-state index contributed by atoms with van der Waals surface area (Å²) < 4.78 is 13.3. The van der Waals surface area contributed by atoms with Crippen LogP contribution in [0.2, 0.25) is 0 Å². The molecule has 1 aliphatic carbocycles. The summed E-state index contributed by atoms with van der Waals surface area (Å²) >= 11 is 1.41. The number of allylic oxidation sites excluding steroid dienone is 1. The first kappa shape index (κ1) is 22.2. The van der Waals surface area contributed by atoms with Gasteiger partial charge in [-0.1, -0.05) is 36.7 Å². The van der Waals surface area contributed by atoms with Crippen molar-refractivity contribution < 1.29 is 14.3 Å². The van der Waals surface area contributed by atoms with Crippen LogP contribution in [0.25, 0.3) is 0 Å². The molecule has 7 nitrogen and oxygen atoms in total. The monoisotopic (exact) mass is 430 g/mol. The number of thioether (sulfide) groups is 1. The summed E-state index contributed by atoms with van der Waals surface area (Å²) in [6.45, 7) is 8.20. The van der Waals surface area contributed by atoms with Crippen molar-refractivity contribution in [3.63, 3.8) is 0 Å². The van der Waals surface area contributed by atoms with Gasteiger partial charge in [0.1, 0.15) is 11.5 Å². The first-order valence-electron chi connectivity index (χ1n) is 10.3. The van der Waals surface area contributed by atoms with E-state index in [0.717, 1.165) is 18.6 Å². The van der Waals surface area contributed by atoms with Gasteiger partial charge < -0.3 is 14.8 Å². The first-order chi connectivity index (χ1) is 14.5. The normalized spacial score (nSPS) is 16.1. The maximum atomic E-state index is 12.6. The number of rotatable bonds is 10. The largest absolute Gasteiger partial charge is 0.497 e. The Morgan fingerprint density at radius 1 is 1.33 bits per heavy atom. The van der Waals surface area contributed by atoms with Crippen LogP contribution >= 0.6 is 11.8 Å². The van der Waals surface area contributed by atoms with Crippen molar-refractivity contribution in [1.82, 2.24) is 20.1 Å². The molecule has 3 rings (SSSR count). The number of benzene rings is 1. The molecule has 1 fully saturated rings. The molecule has 1 saturated carbocycles. The van der Waals surface area contributed by atoms with Gasteiger partial charge in [-0.05, 0) is 38.8 Å². The number of aromatic nitrogens is 3. The maximum Gasteiger partial charge on any atom is 0.233 e. The molecule has 1 aromatic heterocycles. The lowest BCUT2D eigenvalue weighted by molar-refractivity contribution is -0.120. The van der Waals surface area contributed by atoms with Gasteiger partial charge in [0.25, 0.3) is 0 Å². The molecule has 1 aliphatic rings. The zero-order valence-electron chi connectivity index (χ0n) is 17.8. The molecule has 0 saturated heterocycles. The quantitative estimate of drug-likeness (QED) is 0.451. The molecular weight excluding hydrogens is 400 g/mol. The third-order valence-corrected chi connectivity index (χ3v) is 6.21. The van der Waals surface area contributed by atoms with Gasteiger partial charge in [-0.3, -0.25) is 9.36 Å². The molecule has 2 unspecified atom stereocenters. The minimum atomic E-state index is -0.332. The molecule has 1 amide bonds. The summed E-state index contributed by atoms with van der Waals surface area (Å²) in [6, 6.07) is 7.75. The lowest BCUT2D eigenvalue weighted by Crippen LogP contribution is -2.37. The topological polar surface area (TPSA) is 78.3 Å². The van der Waals surface area contributed by atoms with Crippen LogP contribution in [0.3, 0.4) is 0 Å². The standard InChI is InChI=1S/C22H30N4O3S/c1-5-13-26-20(15(2)29-19-12-8-11-18(14-19)28-4)24-25-22(26)30-16(3)21(27)23-17-9-6-7-10-17/h5,8,11-12,14-17H,1,6-7,9-10,13H2,2-4H3,(H,23,27). The maximum absolute atomic E-state index is 12.6. The number of nitrogens with one attached hydrogen (secondary N) is 1. The molecule has 2 aromatic rings. The van der Waals surface area contributed by atoms with Gasteiger partial charge in [0, 0.05) is 18.7 Å². The predicted molar refractivity (Wildman–Crippen MR) is 118 cm³/mol. The molecule has 1 heterocycles. The van der Waals surface area contributed by atoms with Gasteiger partial charge in [-0.15, -0.1) is 16.8 Å². The van der Waals surface area contributed by atoms with Crippen molar-refractivity contribution in [1.29, 1.82) is 0 Å². The van der Waals surface area contributed by atoms with Crippen molar-refractivity contribution >= 4 is 17.7 Å². The Balaban J connectivity index is 1.70. The van der Waals surface area contributed by atoms with Crippen molar-refractivity contribution in [2.75, 3.05) is 7.11 Å². The fraction of sp³-hybridized carbons (Fsp3) is 0.500. The number of carbonyl (C=O) groups excluding carboxylic acids is 1. The molecule has 1 N–H and O–H groups in total. The number of ether oxygens (including phenoxy) is 2. The van der Waals surface area contributed by atoms with Gasteiger partial charge in [0.15, 0.2) is 17.1 Å². The molecule has 0 bridgehead atoms. The van der Waals surface area contributed by atoms with E-state index in [2.05, 4.69) is 22.1 Å². The third kappa shape index (κ3) is 5.56. The van der Waals surface area contributed by atoms with Crippen molar-refractivity contribution in [3.05, 3.63) is 42.7 Å². The Bertz CT molecular complexity index is 864. The fourth-order valence-electron chi connectivity index (χ4n) is 3.52. The van der Waals surface area contributed by atoms with E-state index in [-0.39, 0.29) is 17.3 Å². The molecule has 2 atom stereocenters. The zero-order chi connectivity index (χ0) is 21.5. The highest BCUT2D eigenvalue weighted by atomic mass is 32.2. The van der Waals surface area contributed by atoms with Crippen LogP contribution < -0.4 is 14.8 Å². The summed E-state index contributed by atoms with van der Waals surface area (Å²) in [5, 5.41) is 12.2. The Labute approximate surface area is 182 Å². The van der Waals surface area contributed by atoms with Crippen LogP contribution in [0, 0.1) is 0 Å². The number of hydrogen-bond donors (Lipinski definition) is 1. The number of amides is 1. The summed E-state index contributed by atoms with van der Waals surface area (Å²) in [4.78, 5) is 12.6. The van der Waals surface area contributed by atoms with Gasteiger partial charge in [0.05, 0.1) is 12.4 Å². The zero-order valence-corrected chi connectivity index (χ0v) is 18.7. The molecule has 0 spiro atoms. The number of carbonyl (C=O) groups is 1. The molecule has 1 aromatic carbocycles. The number of nitrogens with zero attached hydrogens (tertiary/aromatic N) is 3. The molecule has 30 heavy (non-hydrogen) atoms. The second-order valence-corrected chi connectivity index (χ2v) is 8.74. The summed E-state index contributed by atoms with van der Waals surface area (Å²) in [7, 11) is 1.62. The molecule has 162 valence electrons. The van der Waals surface area contributed by atoms with Crippen LogP contribution in [0.1, 0.15) is 51.5 Å². The molecule has 0 radical (unpaired) electrons. The Kier molecular flexibility index (Phi) is 7.79. The average molecular weight is 431 g/mol. The second kappa shape index (κ2) is 10.5. The lowest BCUT2D eigenvalue weighted by Gasteiger charge is -2.18. The van der Waals surface area contributed by atoms with Gasteiger partial charge in [0.2, 0.25) is 5.91 Å². The second-order valence-electron chi connectivity index (χ2n) is 7.43. The van der Waals surface area contributed by atoms with Crippen molar-refractivity contribution in [2.24, 2.45) is 0 Å². The van der Waals surface area contributed by atoms with E-state index >= 15 is 0 Å². The van der Waals surface area contributed by atoms with Crippen LogP contribution in [0.5, 0.6) is 11.5 Å². The lowest BCUT2D eigenvalue weighted by atomic mass is 10.2. The highest BCUT2D eigenvalue weighted by molar-refractivity contribution is 8.00. The Hall–Kier alpha value is -2.48. The highest BCUT2D eigenvalue weighted by Gasteiger charge is 2.25. The van der Waals surface area contributed by atoms with Crippen LogP contribution in [-0.4, -0.2) is 39.1 Å². The Morgan fingerprint density at radius 2 is 2.07 bits per heavy atom. The highest BCUT2D eigenvalue weighted by Crippen LogP contribution is 2.28. The molecule has 8 heteroatoms. The first-order valence-corrected chi connectivity index (χ1v) is 11.2. The van der Waals surface area contributed by atoms with Crippen LogP contribution in [0.15, 0.2) is 42.1 Å². The molecular formula is C22H30N4O3S. The van der Waals surface area contributed by atoms with E-state index in [1.807, 2.05) is 42.7 Å². The third-order valence-electron chi connectivity index (χ3n) is 5.13. The average Bonchev–Trinajstić information content (AvgIpc) is 3.39. The van der Waals surface area contributed by atoms with E-state index in [9.17, 15) is 4.79 Å². The number of hydrogen-bond acceptors (Lipinski definition) is 6. The van der Waals surface area contributed by atoms with Gasteiger partial charge in [-0.25, -0.2) is 0 Å². The van der Waals surface area contributed by atoms with E-state index in [1.165, 1.54) is 24.6 Å². The van der Waals surface area contributed by atoms with Crippen LogP contribution in [-0.2, 0) is 11.3 Å². The van der Waals surface area contributed by atoms with E-state index in [4.69, 9.17) is 9.47 Å². The van der Waals surface area contributed by atoms with E-state index < -0.39 is 0 Å². The summed E-state index contributed by atoms with van der Waals surface area (Å²) in [6.07, 6.45) is 5.97. The van der Waals surface area contributed by atoms with Crippen molar-refractivity contribution in [2.45, 2.75) is 68.6 Å². The minimum absolute atomic E-state index is 0.0438. The summed E-state index contributed by atoms with van der Waals surface area (Å²) in [5.41, 5.74) is 0. The smallest absolute Gasteiger partial charge is 0.233 e. The number of methoxy groups -OCH3 is 1. The van der Waals surface area contributed by atoms with Gasteiger partial charge in [-0.2, -0.15) is 0 Å². The minimum Gasteiger partial charge on any atom is -0.497 e. The fourth-order valence-corrected chi connectivity index (χ4v) is 4.39. The molecule has 0 aliphatic heterocycles. The van der Waals surface area contributed by atoms with Crippen molar-refractivity contribution in [3.8, 4) is 11.5 Å². The van der Waals surface area contributed by atoms with E-state index in [1.54, 1.807) is 13.2 Å². The summed E-state index contributed by atoms with van der Waals surface area (Å²) in [5.74, 6) is 2.14. The van der Waals surface area contributed by atoms with E-state index in [0.29, 0.717) is 29.3 Å². The van der Waals surface area contributed by atoms with Gasteiger partial charge >= 0.3 is 0 Å². The Morgan fingerprint density at radius 3 is 2.77 bits per heavy atom. The predicted octanol–water partition coefficient (Wildman–Crippen LogP) is 4.15.